The average Bonchev–Trinajstić information content (AvgIpc) is 3.17. The van der Waals surface area contributed by atoms with Gasteiger partial charge in [-0.3, -0.25) is 0 Å². The Kier molecular flexibility index (Phi) is 3.48. The van der Waals surface area contributed by atoms with E-state index >= 15 is 0 Å². The first-order valence-electron chi connectivity index (χ1n) is 6.59. The van der Waals surface area contributed by atoms with Crippen LogP contribution in [0.2, 0.25) is 0 Å². The molecule has 0 spiro atoms. The minimum atomic E-state index is 0.595. The van der Waals surface area contributed by atoms with Crippen LogP contribution in [0.5, 0.6) is 0 Å². The summed E-state index contributed by atoms with van der Waals surface area (Å²) in [5.74, 6) is 1.66. The van der Waals surface area contributed by atoms with Crippen molar-refractivity contribution >= 4 is 16.7 Å². The molecule has 5 heteroatoms. The third-order valence-electron chi connectivity index (χ3n) is 3.38. The standard InChI is InChI=1S/C14H18N4S/c1-18(9-11-4-2-10(8-15)3-5-11)14-16-13(17-19-14)12-6-7-12/h2-5,12H,6-9,15H2,1H3. The van der Waals surface area contributed by atoms with Gasteiger partial charge in [-0.2, -0.15) is 4.37 Å². The van der Waals surface area contributed by atoms with E-state index in [0.717, 1.165) is 17.5 Å². The Morgan fingerprint density at radius 2 is 1.95 bits per heavy atom. The summed E-state index contributed by atoms with van der Waals surface area (Å²) in [7, 11) is 2.06. The Bertz CT molecular complexity index is 545. The summed E-state index contributed by atoms with van der Waals surface area (Å²) in [5.41, 5.74) is 8.03. The second-order valence-electron chi connectivity index (χ2n) is 5.09. The summed E-state index contributed by atoms with van der Waals surface area (Å²) in [5, 5.41) is 1.00. The summed E-state index contributed by atoms with van der Waals surface area (Å²) in [6, 6.07) is 8.42. The fourth-order valence-corrected chi connectivity index (χ4v) is 2.71. The van der Waals surface area contributed by atoms with Gasteiger partial charge in [-0.1, -0.05) is 24.3 Å². The van der Waals surface area contributed by atoms with Gasteiger partial charge < -0.3 is 10.6 Å². The highest BCUT2D eigenvalue weighted by atomic mass is 32.1. The van der Waals surface area contributed by atoms with Gasteiger partial charge in [0, 0.05) is 37.6 Å². The molecule has 2 N–H and O–H groups in total. The lowest BCUT2D eigenvalue weighted by Gasteiger charge is -2.15. The van der Waals surface area contributed by atoms with Gasteiger partial charge >= 0.3 is 0 Å². The van der Waals surface area contributed by atoms with Gasteiger partial charge in [0.2, 0.25) is 5.13 Å². The van der Waals surface area contributed by atoms with Gasteiger partial charge in [0.25, 0.3) is 0 Å². The van der Waals surface area contributed by atoms with Crippen LogP contribution >= 0.6 is 11.5 Å². The zero-order valence-electron chi connectivity index (χ0n) is 11.0. The Morgan fingerprint density at radius 3 is 2.58 bits per heavy atom. The molecular formula is C14H18N4S. The highest BCUT2D eigenvalue weighted by Gasteiger charge is 2.28. The number of nitrogens with two attached hydrogens (primary N) is 1. The molecule has 1 fully saturated rings. The first kappa shape index (κ1) is 12.6. The molecule has 1 aliphatic carbocycles. The van der Waals surface area contributed by atoms with Crippen molar-refractivity contribution in [3.63, 3.8) is 0 Å². The van der Waals surface area contributed by atoms with E-state index < -0.39 is 0 Å². The van der Waals surface area contributed by atoms with Crippen molar-refractivity contribution in [1.29, 1.82) is 0 Å². The number of hydrogen-bond acceptors (Lipinski definition) is 5. The molecule has 0 radical (unpaired) electrons. The summed E-state index contributed by atoms with van der Waals surface area (Å²) < 4.78 is 4.44. The van der Waals surface area contributed by atoms with Crippen molar-refractivity contribution in [2.75, 3.05) is 11.9 Å². The van der Waals surface area contributed by atoms with E-state index in [1.165, 1.54) is 35.5 Å². The molecule has 2 aromatic rings. The highest BCUT2D eigenvalue weighted by molar-refractivity contribution is 7.09. The third kappa shape index (κ3) is 2.93. The largest absolute Gasteiger partial charge is 0.346 e. The fraction of sp³-hybridized carbons (Fsp3) is 0.429. The first-order chi connectivity index (χ1) is 9.26. The Morgan fingerprint density at radius 1 is 1.26 bits per heavy atom. The van der Waals surface area contributed by atoms with Crippen molar-refractivity contribution in [2.45, 2.75) is 31.8 Å². The second-order valence-corrected chi connectivity index (χ2v) is 5.82. The fourth-order valence-electron chi connectivity index (χ4n) is 2.01. The molecule has 1 saturated carbocycles. The van der Waals surface area contributed by atoms with Gasteiger partial charge in [-0.25, -0.2) is 4.98 Å². The number of aromatic nitrogens is 2. The maximum absolute atomic E-state index is 5.60. The lowest BCUT2D eigenvalue weighted by Crippen LogP contribution is -2.16. The minimum Gasteiger partial charge on any atom is -0.346 e. The summed E-state index contributed by atoms with van der Waals surface area (Å²) in [4.78, 5) is 6.77. The number of nitrogens with zero attached hydrogens (tertiary/aromatic N) is 3. The molecule has 0 bridgehead atoms. The highest BCUT2D eigenvalue weighted by Crippen LogP contribution is 2.39. The second kappa shape index (κ2) is 5.27. The van der Waals surface area contributed by atoms with Crippen LogP contribution in [-0.4, -0.2) is 16.4 Å². The number of hydrogen-bond donors (Lipinski definition) is 1. The first-order valence-corrected chi connectivity index (χ1v) is 7.36. The molecule has 1 aromatic carbocycles. The lowest BCUT2D eigenvalue weighted by molar-refractivity contribution is 0.894. The monoisotopic (exact) mass is 274 g/mol. The van der Waals surface area contributed by atoms with Gasteiger partial charge in [0.15, 0.2) is 0 Å². The molecule has 0 aliphatic heterocycles. The number of rotatable bonds is 5. The van der Waals surface area contributed by atoms with Crippen LogP contribution in [-0.2, 0) is 13.1 Å². The average molecular weight is 274 g/mol. The predicted molar refractivity (Wildman–Crippen MR) is 78.3 cm³/mol. The zero-order valence-corrected chi connectivity index (χ0v) is 11.9. The van der Waals surface area contributed by atoms with Crippen LogP contribution in [0.15, 0.2) is 24.3 Å². The van der Waals surface area contributed by atoms with Crippen LogP contribution in [0.25, 0.3) is 0 Å². The van der Waals surface area contributed by atoms with E-state index in [9.17, 15) is 0 Å². The van der Waals surface area contributed by atoms with Crippen LogP contribution in [0, 0.1) is 0 Å². The van der Waals surface area contributed by atoms with Crippen LogP contribution in [0.3, 0.4) is 0 Å². The molecule has 0 atom stereocenters. The predicted octanol–water partition coefficient (Wildman–Crippen LogP) is 2.51. The van der Waals surface area contributed by atoms with Crippen LogP contribution < -0.4 is 10.6 Å². The molecular weight excluding hydrogens is 256 g/mol. The minimum absolute atomic E-state index is 0.595. The van der Waals surface area contributed by atoms with Crippen molar-refractivity contribution < 1.29 is 0 Å². The van der Waals surface area contributed by atoms with Crippen molar-refractivity contribution in [1.82, 2.24) is 9.36 Å². The maximum atomic E-state index is 5.60. The summed E-state index contributed by atoms with van der Waals surface area (Å²) >= 11 is 1.50. The molecule has 3 rings (SSSR count). The normalized spacial score (nSPS) is 14.6. The van der Waals surface area contributed by atoms with Crippen LogP contribution in [0.1, 0.15) is 35.7 Å². The Labute approximate surface area is 117 Å². The van der Waals surface area contributed by atoms with Crippen molar-refractivity contribution in [3.8, 4) is 0 Å². The van der Waals surface area contributed by atoms with E-state index in [1.54, 1.807) is 0 Å². The number of benzene rings is 1. The molecule has 100 valence electrons. The zero-order chi connectivity index (χ0) is 13.2. The van der Waals surface area contributed by atoms with Crippen molar-refractivity contribution in [2.24, 2.45) is 5.73 Å². The van der Waals surface area contributed by atoms with E-state index in [4.69, 9.17) is 5.73 Å². The topological polar surface area (TPSA) is 55.0 Å². The van der Waals surface area contributed by atoms with E-state index in [-0.39, 0.29) is 0 Å². The van der Waals surface area contributed by atoms with Crippen molar-refractivity contribution in [3.05, 3.63) is 41.2 Å². The quantitative estimate of drug-likeness (QED) is 0.910. The lowest BCUT2D eigenvalue weighted by atomic mass is 10.1. The van der Waals surface area contributed by atoms with Gasteiger partial charge in [-0.15, -0.1) is 0 Å². The smallest absolute Gasteiger partial charge is 0.205 e. The van der Waals surface area contributed by atoms with Gasteiger partial charge in [0.1, 0.15) is 5.82 Å². The summed E-state index contributed by atoms with van der Waals surface area (Å²) in [6.07, 6.45) is 2.50. The van der Waals surface area contributed by atoms with Gasteiger partial charge in [0.05, 0.1) is 0 Å². The van der Waals surface area contributed by atoms with Crippen LogP contribution in [0.4, 0.5) is 5.13 Å². The Balaban J connectivity index is 1.66. The third-order valence-corrected chi connectivity index (χ3v) is 4.22. The van der Waals surface area contributed by atoms with Gasteiger partial charge in [-0.05, 0) is 24.0 Å². The molecule has 1 aliphatic rings. The number of anilines is 1. The van der Waals surface area contributed by atoms with E-state index in [2.05, 4.69) is 45.6 Å². The maximum Gasteiger partial charge on any atom is 0.205 e. The molecule has 0 saturated heterocycles. The molecule has 19 heavy (non-hydrogen) atoms. The molecule has 0 unspecified atom stereocenters. The van der Waals surface area contributed by atoms with E-state index in [0.29, 0.717) is 12.5 Å². The Hall–Kier alpha value is -1.46. The SMILES string of the molecule is CN(Cc1ccc(CN)cc1)c1nc(C2CC2)ns1. The molecule has 0 amide bonds. The van der Waals surface area contributed by atoms with E-state index in [1.807, 2.05) is 0 Å². The summed E-state index contributed by atoms with van der Waals surface area (Å²) in [6.45, 7) is 1.45. The molecule has 1 aromatic heterocycles. The molecule has 1 heterocycles. The molecule has 4 nitrogen and oxygen atoms in total.